The Morgan fingerprint density at radius 2 is 1.69 bits per heavy atom. The van der Waals surface area contributed by atoms with Gasteiger partial charge in [-0.05, 0) is 42.5 Å². The number of hydrogen-bond acceptors (Lipinski definition) is 3. The summed E-state index contributed by atoms with van der Waals surface area (Å²) in [6.07, 6.45) is 8.09. The van der Waals surface area contributed by atoms with Gasteiger partial charge in [-0.15, -0.1) is 0 Å². The van der Waals surface area contributed by atoms with Crippen LogP contribution in [0.2, 0.25) is 0 Å². The Morgan fingerprint density at radius 1 is 1.03 bits per heavy atom. The Bertz CT molecular complexity index is 866. The summed E-state index contributed by atoms with van der Waals surface area (Å²) in [7, 11) is 0. The second-order valence-corrected chi connectivity index (χ2v) is 7.38. The number of nitrogens with one attached hydrogen (secondary N) is 1. The highest BCUT2D eigenvalue weighted by Gasteiger charge is 2.25. The maximum absolute atomic E-state index is 12.7. The number of likely N-dealkylation sites (tertiary alicyclic amines) is 1. The largest absolute Gasteiger partial charge is 0.337 e. The van der Waals surface area contributed by atoms with Gasteiger partial charge >= 0.3 is 0 Å². The molecule has 1 saturated heterocycles. The van der Waals surface area contributed by atoms with E-state index in [9.17, 15) is 4.79 Å². The van der Waals surface area contributed by atoms with Crippen LogP contribution in [0, 0.1) is 0 Å². The molecule has 152 valence electrons. The third kappa shape index (κ3) is 5.53. The second-order valence-electron chi connectivity index (χ2n) is 7.38. The van der Waals surface area contributed by atoms with Gasteiger partial charge in [0.05, 0.1) is 5.69 Å². The van der Waals surface area contributed by atoms with Gasteiger partial charge in [0.1, 0.15) is 5.69 Å². The van der Waals surface area contributed by atoms with E-state index in [4.69, 9.17) is 0 Å². The van der Waals surface area contributed by atoms with Crippen molar-refractivity contribution in [2.45, 2.75) is 45.4 Å². The van der Waals surface area contributed by atoms with Crippen molar-refractivity contribution >= 4 is 5.91 Å². The zero-order valence-electron chi connectivity index (χ0n) is 17.3. The van der Waals surface area contributed by atoms with Gasteiger partial charge in [-0.1, -0.05) is 57.0 Å². The summed E-state index contributed by atoms with van der Waals surface area (Å²) >= 11 is 0. The second kappa shape index (κ2) is 10.6. The molecule has 1 N–H and O–H groups in total. The fourth-order valence-electron chi connectivity index (χ4n) is 3.41. The number of aromatic amines is 1. The minimum Gasteiger partial charge on any atom is -0.337 e. The molecular formula is C24H30N4O. The zero-order valence-corrected chi connectivity index (χ0v) is 17.3. The quantitative estimate of drug-likeness (QED) is 0.658. The number of H-pyrrole nitrogens is 1. The van der Waals surface area contributed by atoms with Gasteiger partial charge in [-0.3, -0.25) is 14.9 Å². The van der Waals surface area contributed by atoms with Crippen LogP contribution in [0.5, 0.6) is 0 Å². The van der Waals surface area contributed by atoms with E-state index >= 15 is 0 Å². The van der Waals surface area contributed by atoms with E-state index in [0.717, 1.165) is 37.2 Å². The summed E-state index contributed by atoms with van der Waals surface area (Å²) in [5.41, 5.74) is 3.64. The predicted octanol–water partition coefficient (Wildman–Crippen LogP) is 5.30. The van der Waals surface area contributed by atoms with Crippen LogP contribution in [-0.4, -0.2) is 39.1 Å². The number of nitrogens with zero attached hydrogens (tertiary/aromatic N) is 3. The molecule has 0 atom stereocenters. The molecule has 0 unspecified atom stereocenters. The van der Waals surface area contributed by atoms with E-state index in [1.807, 2.05) is 29.2 Å². The monoisotopic (exact) mass is 390 g/mol. The van der Waals surface area contributed by atoms with Crippen molar-refractivity contribution in [3.05, 3.63) is 72.2 Å². The summed E-state index contributed by atoms with van der Waals surface area (Å²) in [6, 6.07) is 16.2. The van der Waals surface area contributed by atoms with Crippen molar-refractivity contribution in [3.63, 3.8) is 0 Å². The Kier molecular flexibility index (Phi) is 7.56. The van der Waals surface area contributed by atoms with E-state index in [-0.39, 0.29) is 5.91 Å². The summed E-state index contributed by atoms with van der Waals surface area (Å²) in [4.78, 5) is 18.7. The molecule has 29 heavy (non-hydrogen) atoms. The van der Waals surface area contributed by atoms with Crippen molar-refractivity contribution in [1.82, 2.24) is 20.1 Å². The van der Waals surface area contributed by atoms with Crippen molar-refractivity contribution in [2.24, 2.45) is 0 Å². The van der Waals surface area contributed by atoms with E-state index in [0.29, 0.717) is 11.6 Å². The third-order valence-electron chi connectivity index (χ3n) is 5.34. The normalized spacial score (nSPS) is 14.2. The van der Waals surface area contributed by atoms with E-state index in [1.54, 1.807) is 12.4 Å². The van der Waals surface area contributed by atoms with Gasteiger partial charge in [-0.2, -0.15) is 5.10 Å². The molecule has 1 aliphatic rings. The minimum absolute atomic E-state index is 0.0271. The minimum atomic E-state index is 0.0271. The van der Waals surface area contributed by atoms with Crippen LogP contribution in [0.4, 0.5) is 0 Å². The number of hydrogen-bond donors (Lipinski definition) is 1. The molecule has 5 nitrogen and oxygen atoms in total. The maximum Gasteiger partial charge on any atom is 0.271 e. The highest BCUT2D eigenvalue weighted by molar-refractivity contribution is 5.93. The van der Waals surface area contributed by atoms with E-state index in [2.05, 4.69) is 53.3 Å². The van der Waals surface area contributed by atoms with Gasteiger partial charge in [0.25, 0.3) is 5.91 Å². The molecule has 1 fully saturated rings. The van der Waals surface area contributed by atoms with Crippen molar-refractivity contribution in [1.29, 1.82) is 0 Å². The van der Waals surface area contributed by atoms with Crippen LogP contribution in [0.25, 0.3) is 11.3 Å². The first-order valence-corrected chi connectivity index (χ1v) is 10.5. The van der Waals surface area contributed by atoms with Crippen LogP contribution >= 0.6 is 0 Å². The summed E-state index contributed by atoms with van der Waals surface area (Å²) in [5.74, 6) is 0.568. The van der Waals surface area contributed by atoms with Crippen LogP contribution < -0.4 is 0 Å². The highest BCUT2D eigenvalue weighted by atomic mass is 16.2. The first-order chi connectivity index (χ1) is 14.2. The number of rotatable bonds is 4. The standard InChI is InChI=1S/C20H20N4O.C4H10/c25-20(19-14-18(22-23-19)17-6-10-21-11-7-17)24-12-8-16(9-13-24)15-4-2-1-3-5-15;1-3-4-2/h1-7,10-11,14,16H,8-9,12-13H2,(H,22,23);3-4H2,1-2H3. The summed E-state index contributed by atoms with van der Waals surface area (Å²) in [5, 5.41) is 7.15. The lowest BCUT2D eigenvalue weighted by atomic mass is 9.89. The molecule has 0 radical (unpaired) electrons. The van der Waals surface area contributed by atoms with Gasteiger partial charge in [-0.25, -0.2) is 0 Å². The lowest BCUT2D eigenvalue weighted by Gasteiger charge is -2.31. The molecule has 1 aliphatic heterocycles. The number of carbonyl (C=O) groups excluding carboxylic acids is 1. The van der Waals surface area contributed by atoms with Gasteiger partial charge in [0.2, 0.25) is 0 Å². The summed E-state index contributed by atoms with van der Waals surface area (Å²) in [6.45, 7) is 5.92. The van der Waals surface area contributed by atoms with Crippen LogP contribution in [-0.2, 0) is 0 Å². The molecule has 4 rings (SSSR count). The first-order valence-electron chi connectivity index (χ1n) is 10.5. The average Bonchev–Trinajstić information content (AvgIpc) is 3.30. The van der Waals surface area contributed by atoms with Gasteiger partial charge in [0.15, 0.2) is 0 Å². The van der Waals surface area contributed by atoms with Crippen molar-refractivity contribution in [3.8, 4) is 11.3 Å². The molecule has 1 amide bonds. The van der Waals surface area contributed by atoms with Gasteiger partial charge < -0.3 is 4.90 Å². The molecule has 2 aromatic heterocycles. The highest BCUT2D eigenvalue weighted by Crippen LogP contribution is 2.28. The number of amides is 1. The van der Waals surface area contributed by atoms with Gasteiger partial charge in [0, 0.05) is 31.0 Å². The molecule has 3 heterocycles. The SMILES string of the molecule is CCCC.O=C(c1cc(-c2ccncc2)n[nH]1)N1CCC(c2ccccc2)CC1. The molecule has 0 aliphatic carbocycles. The van der Waals surface area contributed by atoms with Crippen LogP contribution in [0.3, 0.4) is 0 Å². The molecule has 5 heteroatoms. The maximum atomic E-state index is 12.7. The number of carbonyl (C=O) groups is 1. The number of aromatic nitrogens is 3. The van der Waals surface area contributed by atoms with Crippen LogP contribution in [0.1, 0.15) is 61.5 Å². The predicted molar refractivity (Wildman–Crippen MR) is 117 cm³/mol. The fourth-order valence-corrected chi connectivity index (χ4v) is 3.41. The average molecular weight is 391 g/mol. The fraction of sp³-hybridized carbons (Fsp3) is 0.375. The topological polar surface area (TPSA) is 61.9 Å². The molecule has 3 aromatic rings. The Hall–Kier alpha value is -2.95. The molecule has 0 spiro atoms. The molecule has 0 saturated carbocycles. The number of unbranched alkanes of at least 4 members (excludes halogenated alkanes) is 1. The van der Waals surface area contributed by atoms with E-state index < -0.39 is 0 Å². The lowest BCUT2D eigenvalue weighted by Crippen LogP contribution is -2.38. The Labute approximate surface area is 173 Å². The molecule has 1 aromatic carbocycles. The number of benzene rings is 1. The third-order valence-corrected chi connectivity index (χ3v) is 5.34. The van der Waals surface area contributed by atoms with E-state index in [1.165, 1.54) is 18.4 Å². The Morgan fingerprint density at radius 3 is 2.31 bits per heavy atom. The summed E-state index contributed by atoms with van der Waals surface area (Å²) < 4.78 is 0. The van der Waals surface area contributed by atoms with Crippen molar-refractivity contribution < 1.29 is 4.79 Å². The number of pyridine rings is 1. The molecular weight excluding hydrogens is 360 g/mol. The smallest absolute Gasteiger partial charge is 0.271 e. The Balaban J connectivity index is 0.000000552. The number of piperidine rings is 1. The molecule has 0 bridgehead atoms. The zero-order chi connectivity index (χ0) is 20.5. The lowest BCUT2D eigenvalue weighted by molar-refractivity contribution is 0.0707. The first kappa shape index (κ1) is 20.8. The van der Waals surface area contributed by atoms with Crippen molar-refractivity contribution in [2.75, 3.05) is 13.1 Å². The van der Waals surface area contributed by atoms with Crippen LogP contribution in [0.15, 0.2) is 60.9 Å².